The molecule has 0 atom stereocenters. The van der Waals surface area contributed by atoms with E-state index in [2.05, 4.69) is 5.32 Å². The fourth-order valence-corrected chi connectivity index (χ4v) is 4.21. The van der Waals surface area contributed by atoms with E-state index in [0.717, 1.165) is 32.4 Å². The van der Waals surface area contributed by atoms with Crippen molar-refractivity contribution in [2.24, 2.45) is 0 Å². The van der Waals surface area contributed by atoms with Gasteiger partial charge in [0.25, 0.3) is 5.91 Å². The second-order valence-electron chi connectivity index (χ2n) is 8.31. The summed E-state index contributed by atoms with van der Waals surface area (Å²) < 4.78 is 14.9. The van der Waals surface area contributed by atoms with Gasteiger partial charge in [-0.05, 0) is 67.3 Å². The molecule has 1 fully saturated rings. The Balaban J connectivity index is 0.00000342. The summed E-state index contributed by atoms with van der Waals surface area (Å²) in [5, 5.41) is 11.7. The Hall–Kier alpha value is -3.51. The van der Waals surface area contributed by atoms with E-state index in [9.17, 15) is 14.0 Å². The molecule has 4 rings (SSSR count). The lowest BCUT2D eigenvalue weighted by Gasteiger charge is -2.29. The second kappa shape index (κ2) is 11.8. The fraction of sp³-hybridized carbons (Fsp3) is 0.250. The smallest absolute Gasteiger partial charge is 0.255 e. The number of hydrogen-bond acceptors (Lipinski definition) is 3. The molecule has 1 amide bonds. The van der Waals surface area contributed by atoms with Gasteiger partial charge in [-0.1, -0.05) is 43.3 Å². The molecular formula is C28H29ClFN3O2. The summed E-state index contributed by atoms with van der Waals surface area (Å²) in [4.78, 5) is 27.7. The Morgan fingerprint density at radius 1 is 0.943 bits per heavy atom. The molecule has 0 aromatic heterocycles. The molecule has 3 aromatic rings. The van der Waals surface area contributed by atoms with Gasteiger partial charge >= 0.3 is 0 Å². The summed E-state index contributed by atoms with van der Waals surface area (Å²) in [5.74, 6) is -1.18. The summed E-state index contributed by atoms with van der Waals surface area (Å²) in [7, 11) is 0. The number of rotatable bonds is 6. The Bertz CT molecular complexity index is 1220. The summed E-state index contributed by atoms with van der Waals surface area (Å²) >= 11 is 5.89. The van der Waals surface area contributed by atoms with Gasteiger partial charge in [0.2, 0.25) is 0 Å². The van der Waals surface area contributed by atoms with Crippen LogP contribution in [-0.2, 0) is 6.42 Å². The first-order valence-electron chi connectivity index (χ1n) is 11.2. The van der Waals surface area contributed by atoms with Crippen molar-refractivity contribution in [3.8, 4) is 0 Å². The van der Waals surface area contributed by atoms with E-state index in [4.69, 9.17) is 17.0 Å². The molecule has 1 heterocycles. The highest BCUT2D eigenvalue weighted by Gasteiger charge is 2.20. The van der Waals surface area contributed by atoms with Gasteiger partial charge in [-0.15, -0.1) is 0 Å². The number of benzene rings is 3. The van der Waals surface area contributed by atoms with Gasteiger partial charge in [-0.3, -0.25) is 15.0 Å². The van der Waals surface area contributed by atoms with Crippen LogP contribution in [0.1, 0.15) is 58.5 Å². The van der Waals surface area contributed by atoms with Crippen LogP contribution in [0, 0.1) is 11.2 Å². The number of halogens is 2. The first-order chi connectivity index (χ1) is 16.4. The molecule has 1 aliphatic rings. The number of likely N-dealkylation sites (tertiary alicyclic amines) is 1. The van der Waals surface area contributed by atoms with Gasteiger partial charge in [0.05, 0.1) is 5.56 Å². The van der Waals surface area contributed by atoms with Crippen LogP contribution < -0.4 is 5.32 Å². The highest BCUT2D eigenvalue weighted by molar-refractivity contribution is 6.30. The van der Waals surface area contributed by atoms with Crippen molar-refractivity contribution in [2.75, 3.05) is 18.4 Å². The van der Waals surface area contributed by atoms with Crippen molar-refractivity contribution < 1.29 is 14.0 Å². The van der Waals surface area contributed by atoms with Crippen LogP contribution in [0.2, 0.25) is 5.02 Å². The number of amides is 1. The molecule has 3 aromatic carbocycles. The van der Waals surface area contributed by atoms with Crippen LogP contribution >= 0.6 is 11.6 Å². The van der Waals surface area contributed by atoms with E-state index >= 15 is 0 Å². The number of nitrogens with zero attached hydrogens (tertiary/aromatic N) is 1. The quantitative estimate of drug-likeness (QED) is 0.231. The number of amidine groups is 1. The first-order valence-corrected chi connectivity index (χ1v) is 11.6. The largest absolute Gasteiger partial charge is 0.357 e. The van der Waals surface area contributed by atoms with E-state index in [1.807, 2.05) is 4.90 Å². The maximum absolute atomic E-state index is 14.9. The third kappa shape index (κ3) is 6.34. The van der Waals surface area contributed by atoms with Crippen LogP contribution in [0.4, 0.5) is 10.1 Å². The summed E-state index contributed by atoms with van der Waals surface area (Å²) in [6, 6.07) is 17.8. The zero-order valence-electron chi connectivity index (χ0n) is 18.6. The number of Topliss-reactive ketones (excluding diaryl/α,β-unsaturated/α-hetero) is 1. The van der Waals surface area contributed by atoms with Gasteiger partial charge in [-0.25, -0.2) is 4.39 Å². The predicted octanol–water partition coefficient (Wildman–Crippen LogP) is 6.60. The monoisotopic (exact) mass is 493 g/mol. The van der Waals surface area contributed by atoms with Crippen molar-refractivity contribution in [1.29, 1.82) is 5.41 Å². The maximum atomic E-state index is 14.9. The normalized spacial score (nSPS) is 13.0. The van der Waals surface area contributed by atoms with Crippen LogP contribution in [0.15, 0.2) is 66.7 Å². The van der Waals surface area contributed by atoms with Crippen molar-refractivity contribution in [3.05, 3.63) is 99.8 Å². The van der Waals surface area contributed by atoms with E-state index in [0.29, 0.717) is 27.4 Å². The molecule has 1 saturated heterocycles. The first kappa shape index (κ1) is 26.1. The zero-order chi connectivity index (χ0) is 24.1. The minimum Gasteiger partial charge on any atom is -0.357 e. The topological polar surface area (TPSA) is 73.3 Å². The average molecular weight is 494 g/mol. The van der Waals surface area contributed by atoms with Crippen LogP contribution in [-0.4, -0.2) is 35.5 Å². The Kier molecular flexibility index (Phi) is 8.77. The molecular weight excluding hydrogens is 465 g/mol. The molecule has 0 bridgehead atoms. The predicted molar refractivity (Wildman–Crippen MR) is 139 cm³/mol. The molecule has 35 heavy (non-hydrogen) atoms. The molecule has 2 N–H and O–H groups in total. The van der Waals surface area contributed by atoms with Crippen molar-refractivity contribution >= 4 is 34.8 Å². The molecule has 0 radical (unpaired) electrons. The Morgan fingerprint density at radius 2 is 1.63 bits per heavy atom. The lowest BCUT2D eigenvalue weighted by molar-refractivity contribution is 0.0988. The molecule has 0 spiro atoms. The fourth-order valence-electron chi connectivity index (χ4n) is 4.08. The minimum absolute atomic E-state index is 0. The van der Waals surface area contributed by atoms with Crippen LogP contribution in [0.3, 0.4) is 0 Å². The molecule has 1 aliphatic heterocycles. The van der Waals surface area contributed by atoms with Gasteiger partial charge in [0, 0.05) is 41.3 Å². The van der Waals surface area contributed by atoms with E-state index in [1.165, 1.54) is 12.1 Å². The van der Waals surface area contributed by atoms with Gasteiger partial charge < -0.3 is 10.2 Å². The number of carbonyl (C=O) groups excluding carboxylic acids is 2. The summed E-state index contributed by atoms with van der Waals surface area (Å²) in [6.45, 7) is 1.58. The van der Waals surface area contributed by atoms with Crippen LogP contribution in [0.5, 0.6) is 0 Å². The Labute approximate surface area is 210 Å². The third-order valence-electron chi connectivity index (χ3n) is 5.93. The van der Waals surface area contributed by atoms with Gasteiger partial charge in [0.15, 0.2) is 5.78 Å². The number of piperidine rings is 1. The number of ketones is 1. The average Bonchev–Trinajstić information content (AvgIpc) is 2.85. The highest BCUT2D eigenvalue weighted by Crippen LogP contribution is 2.20. The van der Waals surface area contributed by atoms with Crippen molar-refractivity contribution in [2.45, 2.75) is 33.1 Å². The Morgan fingerprint density at radius 3 is 2.31 bits per heavy atom. The second-order valence-corrected chi connectivity index (χ2v) is 8.75. The number of anilines is 1. The number of carbonyl (C=O) groups is 2. The molecule has 0 unspecified atom stereocenters. The van der Waals surface area contributed by atoms with E-state index in [1.54, 1.807) is 54.6 Å². The summed E-state index contributed by atoms with van der Waals surface area (Å²) in [5.41, 5.74) is 1.83. The lowest BCUT2D eigenvalue weighted by atomic mass is 9.97. The lowest BCUT2D eigenvalue weighted by Crippen LogP contribution is -2.35. The molecule has 182 valence electrons. The summed E-state index contributed by atoms with van der Waals surface area (Å²) in [6.07, 6.45) is 3.06. The third-order valence-corrected chi connectivity index (χ3v) is 6.18. The van der Waals surface area contributed by atoms with Crippen LogP contribution in [0.25, 0.3) is 0 Å². The molecule has 0 aliphatic carbocycles. The van der Waals surface area contributed by atoms with Gasteiger partial charge in [0.1, 0.15) is 11.7 Å². The standard InChI is InChI=1S/C27H25ClFN3O2.CH4/c28-20-9-11-21(12-10-20)31-27(34)22-7-3-2-6-18(22)17-25(33)23-13-8-19(16-24(23)29)26(30)32-14-4-1-5-15-32;/h2-3,6-13,16,30H,1,4-5,14-15,17H2,(H,31,34);1H4. The van der Waals surface area contributed by atoms with E-state index < -0.39 is 11.6 Å². The highest BCUT2D eigenvalue weighted by atomic mass is 35.5. The number of nitrogens with one attached hydrogen (secondary N) is 2. The van der Waals surface area contributed by atoms with E-state index in [-0.39, 0.29) is 31.2 Å². The van der Waals surface area contributed by atoms with Gasteiger partial charge in [-0.2, -0.15) is 0 Å². The maximum Gasteiger partial charge on any atom is 0.255 e. The molecule has 7 heteroatoms. The molecule has 0 saturated carbocycles. The van der Waals surface area contributed by atoms with Crippen molar-refractivity contribution in [1.82, 2.24) is 4.90 Å². The molecule has 5 nitrogen and oxygen atoms in total. The zero-order valence-corrected chi connectivity index (χ0v) is 19.4. The number of hydrogen-bond donors (Lipinski definition) is 2. The minimum atomic E-state index is -0.660. The van der Waals surface area contributed by atoms with Crippen molar-refractivity contribution in [3.63, 3.8) is 0 Å². The SMILES string of the molecule is C.N=C(c1ccc(C(=O)Cc2ccccc2C(=O)Nc2ccc(Cl)cc2)c(F)c1)N1CCCCC1.